The third-order valence-electron chi connectivity index (χ3n) is 1.51. The molecule has 0 saturated heterocycles. The number of amides is 1. The average molecular weight is 222 g/mol. The summed E-state index contributed by atoms with van der Waals surface area (Å²) < 4.78 is 0. The molecule has 0 saturated carbocycles. The smallest absolute Gasteiger partial charge is 0.257 e. The number of guanidine groups is 1. The van der Waals surface area contributed by atoms with Crippen molar-refractivity contribution in [3.63, 3.8) is 0 Å². The Morgan fingerprint density at radius 3 is 2.40 bits per heavy atom. The lowest BCUT2D eigenvalue weighted by molar-refractivity contribution is 0.0976. The summed E-state index contributed by atoms with van der Waals surface area (Å²) in [6.45, 7) is 0. The number of hydrogen-bond donors (Lipinski definition) is 3. The van der Waals surface area contributed by atoms with Crippen molar-refractivity contribution in [1.82, 2.24) is 5.32 Å². The van der Waals surface area contributed by atoms with E-state index in [0.717, 1.165) is 0 Å². The lowest BCUT2D eigenvalue weighted by Crippen LogP contribution is -2.37. The van der Waals surface area contributed by atoms with Gasteiger partial charge in [-0.15, -0.1) is 0 Å². The van der Waals surface area contributed by atoms with Crippen LogP contribution in [0.5, 0.6) is 0 Å². The summed E-state index contributed by atoms with van der Waals surface area (Å²) in [5.41, 5.74) is 11.0. The first-order chi connectivity index (χ1) is 7.09. The van der Waals surface area contributed by atoms with Gasteiger partial charge in [0.1, 0.15) is 0 Å². The first-order valence-electron chi connectivity index (χ1n) is 4.09. The fourth-order valence-electron chi connectivity index (χ4n) is 0.925. The van der Waals surface area contributed by atoms with Crippen LogP contribution in [0, 0.1) is 0 Å². The van der Waals surface area contributed by atoms with Crippen molar-refractivity contribution in [2.45, 2.75) is 0 Å². The van der Waals surface area contributed by atoms with Crippen molar-refractivity contribution in [1.29, 1.82) is 0 Å². The maximum Gasteiger partial charge on any atom is 0.257 e. The fraction of sp³-hybridized carbons (Fsp3) is 0. The number of nitrogens with two attached hydrogens (primary N) is 2. The van der Waals surface area contributed by atoms with Crippen LogP contribution in [0.25, 0.3) is 0 Å². The average Bonchev–Trinajstić information content (AvgIpc) is 2.17. The molecule has 0 atom stereocenters. The van der Waals surface area contributed by atoms with Crippen LogP contribution in [0.3, 0.4) is 0 Å². The summed E-state index contributed by atoms with van der Waals surface area (Å²) in [7, 11) is 0. The Balaban J connectivity index is 2.69. The lowest BCUT2D eigenvalue weighted by Gasteiger charge is -2.03. The number of nitrogens with zero attached hydrogens (tertiary/aromatic N) is 1. The van der Waals surface area contributed by atoms with Gasteiger partial charge in [-0.2, -0.15) is 4.99 Å². The monoisotopic (exact) mass is 222 g/mol. The highest BCUT2D eigenvalue weighted by atomic mass is 32.1. The summed E-state index contributed by atoms with van der Waals surface area (Å²) in [6, 6.07) is 8.61. The number of aliphatic imine (C=N–C) groups is 1. The van der Waals surface area contributed by atoms with E-state index in [0.29, 0.717) is 5.56 Å². The zero-order valence-electron chi connectivity index (χ0n) is 7.81. The molecular weight excluding hydrogens is 212 g/mol. The van der Waals surface area contributed by atoms with Gasteiger partial charge < -0.3 is 11.5 Å². The molecule has 78 valence electrons. The van der Waals surface area contributed by atoms with E-state index in [2.05, 4.69) is 22.5 Å². The Morgan fingerprint density at radius 1 is 1.27 bits per heavy atom. The van der Waals surface area contributed by atoms with Crippen LogP contribution in [-0.4, -0.2) is 17.0 Å². The number of nitrogens with one attached hydrogen (secondary N) is 1. The molecule has 1 aromatic rings. The maximum absolute atomic E-state index is 11.5. The van der Waals surface area contributed by atoms with Gasteiger partial charge in [-0.25, -0.2) is 0 Å². The number of benzene rings is 1. The number of thiocarbonyl (C=S) groups is 1. The molecule has 6 heteroatoms. The maximum atomic E-state index is 11.5. The molecule has 5 nitrogen and oxygen atoms in total. The summed E-state index contributed by atoms with van der Waals surface area (Å²) in [5, 5.41) is 2.22. The minimum Gasteiger partial charge on any atom is -0.374 e. The van der Waals surface area contributed by atoms with E-state index in [1.165, 1.54) is 0 Å². The molecule has 0 heterocycles. The van der Waals surface area contributed by atoms with Crippen molar-refractivity contribution in [3.8, 4) is 0 Å². The third-order valence-corrected chi connectivity index (χ3v) is 1.60. The van der Waals surface area contributed by atoms with Gasteiger partial charge in [0.25, 0.3) is 5.91 Å². The summed E-state index contributed by atoms with van der Waals surface area (Å²) in [4.78, 5) is 15.0. The molecular formula is C9H10N4OS. The minimum atomic E-state index is -0.354. The third kappa shape index (κ3) is 3.74. The van der Waals surface area contributed by atoms with Crippen LogP contribution in [0.2, 0.25) is 0 Å². The highest BCUT2D eigenvalue weighted by Crippen LogP contribution is 1.97. The molecule has 0 bridgehead atoms. The summed E-state index contributed by atoms with van der Waals surface area (Å²) in [6.07, 6.45) is 0. The normalized spacial score (nSPS) is 10.8. The topological polar surface area (TPSA) is 93.5 Å². The van der Waals surface area contributed by atoms with Gasteiger partial charge in [-0.3, -0.25) is 10.1 Å². The molecule has 5 N–H and O–H groups in total. The minimum absolute atomic E-state index is 0.114. The zero-order valence-corrected chi connectivity index (χ0v) is 8.62. The van der Waals surface area contributed by atoms with Crippen LogP contribution in [0.15, 0.2) is 35.3 Å². The van der Waals surface area contributed by atoms with Gasteiger partial charge >= 0.3 is 0 Å². The van der Waals surface area contributed by atoms with Gasteiger partial charge in [-0.1, -0.05) is 18.2 Å². The van der Waals surface area contributed by atoms with Crippen LogP contribution in [0.4, 0.5) is 0 Å². The second-order valence-corrected chi connectivity index (χ2v) is 3.07. The van der Waals surface area contributed by atoms with Crippen LogP contribution in [0.1, 0.15) is 10.4 Å². The Kier molecular flexibility index (Phi) is 3.75. The van der Waals surface area contributed by atoms with Crippen molar-refractivity contribution in [2.75, 3.05) is 0 Å². The Hall–Kier alpha value is -1.95. The Labute approximate surface area is 92.2 Å². The van der Waals surface area contributed by atoms with Gasteiger partial charge in [-0.05, 0) is 24.4 Å². The van der Waals surface area contributed by atoms with E-state index in [1.54, 1.807) is 24.3 Å². The van der Waals surface area contributed by atoms with E-state index >= 15 is 0 Å². The Bertz CT molecular complexity index is 402. The van der Waals surface area contributed by atoms with Crippen LogP contribution in [-0.2, 0) is 0 Å². The predicted octanol–water partition coefficient (Wildman–Crippen LogP) is -0.0253. The molecule has 0 aliphatic rings. The van der Waals surface area contributed by atoms with Gasteiger partial charge in [0.2, 0.25) is 5.96 Å². The van der Waals surface area contributed by atoms with Crippen LogP contribution < -0.4 is 16.8 Å². The molecule has 1 rings (SSSR count). The number of hydrogen-bond acceptors (Lipinski definition) is 2. The SMILES string of the molecule is NC(=S)/N=C(\N)NC(=O)c1ccccc1. The molecule has 15 heavy (non-hydrogen) atoms. The highest BCUT2D eigenvalue weighted by Gasteiger charge is 2.05. The number of rotatable bonds is 1. The van der Waals surface area contributed by atoms with Crippen molar-refractivity contribution in [2.24, 2.45) is 16.5 Å². The molecule has 0 aliphatic heterocycles. The van der Waals surface area contributed by atoms with E-state index in [9.17, 15) is 4.79 Å². The number of carbonyl (C=O) groups excluding carboxylic acids is 1. The number of carbonyl (C=O) groups is 1. The summed E-state index contributed by atoms with van der Waals surface area (Å²) >= 11 is 4.50. The van der Waals surface area contributed by atoms with Crippen LogP contribution >= 0.6 is 12.2 Å². The van der Waals surface area contributed by atoms with E-state index < -0.39 is 0 Å². The molecule has 0 aliphatic carbocycles. The molecule has 0 unspecified atom stereocenters. The van der Waals surface area contributed by atoms with E-state index in [1.807, 2.05) is 6.07 Å². The lowest BCUT2D eigenvalue weighted by atomic mass is 10.2. The quantitative estimate of drug-likeness (QED) is 0.353. The largest absolute Gasteiger partial charge is 0.374 e. The molecule has 0 spiro atoms. The van der Waals surface area contributed by atoms with Gasteiger partial charge in [0.15, 0.2) is 5.11 Å². The van der Waals surface area contributed by atoms with E-state index in [4.69, 9.17) is 11.5 Å². The van der Waals surface area contributed by atoms with Gasteiger partial charge in [0, 0.05) is 5.56 Å². The Morgan fingerprint density at radius 2 is 1.87 bits per heavy atom. The van der Waals surface area contributed by atoms with Crippen molar-refractivity contribution >= 4 is 29.2 Å². The van der Waals surface area contributed by atoms with Crippen molar-refractivity contribution in [3.05, 3.63) is 35.9 Å². The van der Waals surface area contributed by atoms with Crippen molar-refractivity contribution < 1.29 is 4.79 Å². The van der Waals surface area contributed by atoms with Gasteiger partial charge in [0.05, 0.1) is 0 Å². The standard InChI is InChI=1S/C9H10N4OS/c10-8(13-9(11)15)12-7(14)6-4-2-1-3-5-6/h1-5H,(H5,10,11,12,13,14,15). The molecule has 0 radical (unpaired) electrons. The molecule has 1 aromatic carbocycles. The molecule has 0 aromatic heterocycles. The second-order valence-electron chi connectivity index (χ2n) is 2.66. The van der Waals surface area contributed by atoms with E-state index in [-0.39, 0.29) is 17.0 Å². The predicted molar refractivity (Wildman–Crippen MR) is 62.3 cm³/mol. The fourth-order valence-corrected chi connectivity index (χ4v) is 1.02. The zero-order chi connectivity index (χ0) is 11.3. The molecule has 0 fully saturated rings. The molecule has 1 amide bonds. The first kappa shape index (κ1) is 11.1. The summed E-state index contributed by atoms with van der Waals surface area (Å²) in [5.74, 6) is -0.468. The second kappa shape index (κ2) is 5.06. The highest BCUT2D eigenvalue weighted by molar-refractivity contribution is 7.80. The first-order valence-corrected chi connectivity index (χ1v) is 4.50.